The Hall–Kier alpha value is -3.30. The lowest BCUT2D eigenvalue weighted by Gasteiger charge is -2.14. The molecule has 2 amide bonds. The van der Waals surface area contributed by atoms with Crippen molar-refractivity contribution in [3.8, 4) is 5.69 Å². The lowest BCUT2D eigenvalue weighted by atomic mass is 10.2. The fraction of sp³-hybridized carbons (Fsp3) is 0.214. The average molecular weight is 333 g/mol. The van der Waals surface area contributed by atoms with Crippen LogP contribution in [0, 0.1) is 5.82 Å². The Bertz CT molecular complexity index is 793. The van der Waals surface area contributed by atoms with E-state index in [4.69, 9.17) is 4.74 Å². The van der Waals surface area contributed by atoms with Gasteiger partial charge in [-0.2, -0.15) is 0 Å². The number of nitrogens with one attached hydrogen (secondary N) is 1. The van der Waals surface area contributed by atoms with Gasteiger partial charge in [-0.1, -0.05) is 5.21 Å². The number of carbonyl (C=O) groups is 3. The van der Waals surface area contributed by atoms with Crippen LogP contribution < -0.4 is 10.2 Å². The number of ether oxygens (including phenoxy) is 1. The molecule has 0 radical (unpaired) electrons. The molecule has 0 spiro atoms. The third-order valence-corrected chi connectivity index (χ3v) is 3.42. The first kappa shape index (κ1) is 15.6. The Morgan fingerprint density at radius 3 is 2.92 bits per heavy atom. The van der Waals surface area contributed by atoms with Gasteiger partial charge in [0.2, 0.25) is 6.41 Å². The van der Waals surface area contributed by atoms with Crippen LogP contribution in [0.25, 0.3) is 5.69 Å². The zero-order valence-corrected chi connectivity index (χ0v) is 12.3. The summed E-state index contributed by atoms with van der Waals surface area (Å²) >= 11 is 0. The summed E-state index contributed by atoms with van der Waals surface area (Å²) in [6.45, 7) is 0.372. The smallest absolute Gasteiger partial charge is 0.414 e. The zero-order chi connectivity index (χ0) is 17.1. The highest BCUT2D eigenvalue weighted by atomic mass is 19.1. The standard InChI is InChI=1S/C14H12FN5O4/c15-12-3-10(19-6-11(4-16-8-22)24-14(19)23)1-2-13(12)20-5-9(7-21)17-18-20/h1-3,5,7-8,11H,4,6H2,(H,16,22). The van der Waals surface area contributed by atoms with Crippen molar-refractivity contribution >= 4 is 24.5 Å². The van der Waals surface area contributed by atoms with E-state index in [1.165, 1.54) is 23.2 Å². The maximum atomic E-state index is 14.3. The second kappa shape index (κ2) is 6.44. The molecule has 9 nitrogen and oxygen atoms in total. The number of aromatic nitrogens is 3. The number of halogens is 1. The van der Waals surface area contributed by atoms with Crippen LogP contribution in [0.15, 0.2) is 24.4 Å². The van der Waals surface area contributed by atoms with Gasteiger partial charge in [-0.3, -0.25) is 14.5 Å². The molecule has 1 saturated heterocycles. The minimum Gasteiger partial charge on any atom is -0.442 e. The predicted molar refractivity (Wildman–Crippen MR) is 78.4 cm³/mol. The first-order chi connectivity index (χ1) is 11.6. The third kappa shape index (κ3) is 2.93. The van der Waals surface area contributed by atoms with E-state index in [1.54, 1.807) is 0 Å². The van der Waals surface area contributed by atoms with Gasteiger partial charge >= 0.3 is 6.09 Å². The molecule has 0 saturated carbocycles. The van der Waals surface area contributed by atoms with E-state index in [2.05, 4.69) is 15.6 Å². The summed E-state index contributed by atoms with van der Waals surface area (Å²) in [5.41, 5.74) is 0.476. The SMILES string of the molecule is O=CNCC1CN(c2ccc(-n3cc(C=O)nn3)c(F)c2)C(=O)O1. The molecule has 1 aliphatic rings. The molecular weight excluding hydrogens is 321 g/mol. The number of anilines is 1. The van der Waals surface area contributed by atoms with Gasteiger partial charge in [0.05, 0.1) is 25.0 Å². The largest absolute Gasteiger partial charge is 0.442 e. The first-order valence-electron chi connectivity index (χ1n) is 6.95. The van der Waals surface area contributed by atoms with Gasteiger partial charge in [0.1, 0.15) is 17.5 Å². The number of amides is 2. The Balaban J connectivity index is 1.80. The minimum atomic E-state index is -0.642. The van der Waals surface area contributed by atoms with Gasteiger partial charge in [-0.25, -0.2) is 13.9 Å². The summed E-state index contributed by atoms with van der Waals surface area (Å²) in [4.78, 5) is 34.0. The van der Waals surface area contributed by atoms with E-state index < -0.39 is 18.0 Å². The molecule has 124 valence electrons. The van der Waals surface area contributed by atoms with E-state index in [-0.39, 0.29) is 24.5 Å². The first-order valence-corrected chi connectivity index (χ1v) is 6.95. The van der Waals surface area contributed by atoms with E-state index >= 15 is 0 Å². The molecule has 1 aromatic carbocycles. The van der Waals surface area contributed by atoms with Crippen LogP contribution in [-0.4, -0.2) is 53.0 Å². The van der Waals surface area contributed by atoms with Crippen LogP contribution in [0.1, 0.15) is 10.5 Å². The topological polar surface area (TPSA) is 106 Å². The van der Waals surface area contributed by atoms with Gasteiger partial charge in [-0.05, 0) is 18.2 Å². The molecule has 1 aromatic heterocycles. The second-order valence-corrected chi connectivity index (χ2v) is 4.98. The summed E-state index contributed by atoms with van der Waals surface area (Å²) in [6.07, 6.45) is 1.18. The lowest BCUT2D eigenvalue weighted by Crippen LogP contribution is -2.30. The normalized spacial score (nSPS) is 16.8. The number of cyclic esters (lactones) is 1. The number of rotatable bonds is 6. The molecule has 0 aliphatic carbocycles. The Morgan fingerprint density at radius 2 is 2.25 bits per heavy atom. The van der Waals surface area contributed by atoms with Crippen LogP contribution in [0.2, 0.25) is 0 Å². The zero-order valence-electron chi connectivity index (χ0n) is 12.3. The molecule has 3 rings (SSSR count). The molecule has 1 N–H and O–H groups in total. The van der Waals surface area contributed by atoms with E-state index in [0.29, 0.717) is 18.4 Å². The van der Waals surface area contributed by atoms with Crippen LogP contribution in [0.5, 0.6) is 0 Å². The Kier molecular flexibility index (Phi) is 4.18. The number of nitrogens with zero attached hydrogens (tertiary/aromatic N) is 4. The summed E-state index contributed by atoms with van der Waals surface area (Å²) < 4.78 is 20.5. The number of benzene rings is 1. The maximum absolute atomic E-state index is 14.3. The Morgan fingerprint density at radius 1 is 1.42 bits per heavy atom. The van der Waals surface area contributed by atoms with Crippen molar-refractivity contribution in [2.45, 2.75) is 6.10 Å². The molecule has 1 unspecified atom stereocenters. The average Bonchev–Trinajstić information content (AvgIpc) is 3.19. The highest BCUT2D eigenvalue weighted by Crippen LogP contribution is 2.25. The van der Waals surface area contributed by atoms with Crippen molar-refractivity contribution in [3.63, 3.8) is 0 Å². The monoisotopic (exact) mass is 333 g/mol. The van der Waals surface area contributed by atoms with Gasteiger partial charge in [-0.15, -0.1) is 5.10 Å². The fourth-order valence-corrected chi connectivity index (χ4v) is 2.32. The fourth-order valence-electron chi connectivity index (χ4n) is 2.32. The summed E-state index contributed by atoms with van der Waals surface area (Å²) in [5.74, 6) is -0.642. The van der Waals surface area contributed by atoms with Gasteiger partial charge < -0.3 is 10.1 Å². The van der Waals surface area contributed by atoms with Crippen LogP contribution in [0.3, 0.4) is 0 Å². The highest BCUT2D eigenvalue weighted by molar-refractivity contribution is 5.89. The molecule has 2 aromatic rings. The van der Waals surface area contributed by atoms with Crippen molar-refractivity contribution in [1.82, 2.24) is 20.3 Å². The molecule has 1 fully saturated rings. The van der Waals surface area contributed by atoms with Crippen molar-refractivity contribution in [2.24, 2.45) is 0 Å². The maximum Gasteiger partial charge on any atom is 0.414 e. The van der Waals surface area contributed by atoms with E-state index in [1.807, 2.05) is 0 Å². The van der Waals surface area contributed by atoms with Gasteiger partial charge in [0, 0.05) is 0 Å². The predicted octanol–water partition coefficient (Wildman–Crippen LogP) is 0.290. The van der Waals surface area contributed by atoms with Crippen molar-refractivity contribution in [3.05, 3.63) is 35.9 Å². The van der Waals surface area contributed by atoms with Crippen molar-refractivity contribution in [2.75, 3.05) is 18.0 Å². The van der Waals surface area contributed by atoms with Crippen LogP contribution >= 0.6 is 0 Å². The van der Waals surface area contributed by atoms with E-state index in [0.717, 1.165) is 10.7 Å². The van der Waals surface area contributed by atoms with Crippen LogP contribution in [-0.2, 0) is 9.53 Å². The summed E-state index contributed by atoms with van der Waals surface area (Å²) in [7, 11) is 0. The quantitative estimate of drug-likeness (QED) is 0.762. The van der Waals surface area contributed by atoms with Crippen molar-refractivity contribution in [1.29, 1.82) is 0 Å². The number of carbonyl (C=O) groups excluding carboxylic acids is 3. The highest BCUT2D eigenvalue weighted by Gasteiger charge is 2.32. The lowest BCUT2D eigenvalue weighted by molar-refractivity contribution is -0.109. The summed E-state index contributed by atoms with van der Waals surface area (Å²) in [6, 6.07) is 4.10. The molecule has 0 bridgehead atoms. The van der Waals surface area contributed by atoms with Gasteiger partial charge in [0.25, 0.3) is 0 Å². The molecule has 2 heterocycles. The van der Waals surface area contributed by atoms with Crippen LogP contribution in [0.4, 0.5) is 14.9 Å². The van der Waals surface area contributed by atoms with Gasteiger partial charge in [0.15, 0.2) is 12.1 Å². The van der Waals surface area contributed by atoms with Crippen molar-refractivity contribution < 1.29 is 23.5 Å². The number of aldehydes is 1. The Labute approximate surface area is 135 Å². The van der Waals surface area contributed by atoms with E-state index in [9.17, 15) is 18.8 Å². The molecule has 10 heteroatoms. The second-order valence-electron chi connectivity index (χ2n) is 4.98. The molecule has 24 heavy (non-hydrogen) atoms. The molecular formula is C14H12FN5O4. The number of hydrogen-bond acceptors (Lipinski definition) is 6. The summed E-state index contributed by atoms with van der Waals surface area (Å²) in [5, 5.41) is 9.64. The molecule has 1 atom stereocenters. The minimum absolute atomic E-state index is 0.0760. The third-order valence-electron chi connectivity index (χ3n) is 3.42. The number of hydrogen-bond donors (Lipinski definition) is 1. The molecule has 1 aliphatic heterocycles.